The van der Waals surface area contributed by atoms with Gasteiger partial charge in [-0.2, -0.15) is 0 Å². The summed E-state index contributed by atoms with van der Waals surface area (Å²) in [6, 6.07) is 8.01. The largest absolute Gasteiger partial charge is 0.455 e. The van der Waals surface area contributed by atoms with Gasteiger partial charge in [0.1, 0.15) is 17.3 Å². The molecule has 0 amide bonds. The lowest BCUT2D eigenvalue weighted by molar-refractivity contribution is 0.474. The smallest absolute Gasteiger partial charge is 0.145 e. The van der Waals surface area contributed by atoms with Crippen LogP contribution in [0, 0.1) is 5.82 Å². The Balaban J connectivity index is 2.28. The van der Waals surface area contributed by atoms with Crippen molar-refractivity contribution in [3.63, 3.8) is 0 Å². The molecule has 0 fully saturated rings. The van der Waals surface area contributed by atoms with Gasteiger partial charge in [0.2, 0.25) is 0 Å². The van der Waals surface area contributed by atoms with Crippen molar-refractivity contribution in [3.05, 3.63) is 54.1 Å². The Morgan fingerprint density at radius 1 is 1.31 bits per heavy atom. The topological polar surface area (TPSA) is 22.1 Å². The maximum Gasteiger partial charge on any atom is 0.145 e. The normalized spacial score (nSPS) is 10.1. The molecule has 0 aliphatic carbocycles. The van der Waals surface area contributed by atoms with Crippen LogP contribution in [0.25, 0.3) is 0 Å². The lowest BCUT2D eigenvalue weighted by Gasteiger charge is -2.08. The molecule has 0 spiro atoms. The lowest BCUT2D eigenvalue weighted by atomic mass is 10.2. The zero-order chi connectivity index (χ0) is 11.4. The van der Waals surface area contributed by atoms with E-state index in [9.17, 15) is 4.39 Å². The second-order valence-electron chi connectivity index (χ2n) is 3.18. The average Bonchev–Trinajstić information content (AvgIpc) is 2.33. The van der Waals surface area contributed by atoms with Crippen molar-refractivity contribution in [2.45, 2.75) is 5.33 Å². The van der Waals surface area contributed by atoms with Crippen LogP contribution >= 0.6 is 15.9 Å². The Kier molecular flexibility index (Phi) is 3.51. The summed E-state index contributed by atoms with van der Waals surface area (Å²) in [5, 5.41) is 0.542. The number of ether oxygens (including phenoxy) is 1. The first-order valence-electron chi connectivity index (χ1n) is 4.72. The van der Waals surface area contributed by atoms with Crippen LogP contribution in [0.4, 0.5) is 4.39 Å². The second-order valence-corrected chi connectivity index (χ2v) is 3.74. The van der Waals surface area contributed by atoms with E-state index in [1.54, 1.807) is 30.6 Å². The Hall–Kier alpha value is -1.42. The molecule has 2 rings (SSSR count). The van der Waals surface area contributed by atoms with Gasteiger partial charge < -0.3 is 4.74 Å². The fraction of sp³-hybridized carbons (Fsp3) is 0.0833. The van der Waals surface area contributed by atoms with Gasteiger partial charge in [-0.25, -0.2) is 4.39 Å². The summed E-state index contributed by atoms with van der Waals surface area (Å²) in [6.45, 7) is 0. The van der Waals surface area contributed by atoms with Gasteiger partial charge in [-0.3, -0.25) is 4.98 Å². The van der Waals surface area contributed by atoms with E-state index in [0.29, 0.717) is 16.8 Å². The van der Waals surface area contributed by atoms with Crippen LogP contribution in [0.15, 0.2) is 42.7 Å². The summed E-state index contributed by atoms with van der Waals surface area (Å²) < 4.78 is 18.6. The van der Waals surface area contributed by atoms with Gasteiger partial charge in [0.05, 0.1) is 6.20 Å². The van der Waals surface area contributed by atoms with Crippen molar-refractivity contribution < 1.29 is 9.13 Å². The van der Waals surface area contributed by atoms with Gasteiger partial charge >= 0.3 is 0 Å². The van der Waals surface area contributed by atoms with Crippen LogP contribution in [0.5, 0.6) is 11.5 Å². The highest BCUT2D eigenvalue weighted by atomic mass is 79.9. The second kappa shape index (κ2) is 5.07. The molecule has 0 aliphatic heterocycles. The van der Waals surface area contributed by atoms with Gasteiger partial charge in [0.15, 0.2) is 0 Å². The quantitative estimate of drug-likeness (QED) is 0.796. The zero-order valence-corrected chi connectivity index (χ0v) is 9.95. The third-order valence-electron chi connectivity index (χ3n) is 2.03. The molecule has 1 heterocycles. The highest BCUT2D eigenvalue weighted by Gasteiger charge is 2.05. The fourth-order valence-electron chi connectivity index (χ4n) is 1.29. The minimum atomic E-state index is -0.270. The minimum Gasteiger partial charge on any atom is -0.455 e. The molecular formula is C12H9BrFNO. The van der Waals surface area contributed by atoms with Crippen LogP contribution in [-0.4, -0.2) is 4.98 Å². The summed E-state index contributed by atoms with van der Waals surface area (Å²) in [6.07, 6.45) is 3.28. The predicted molar refractivity (Wildman–Crippen MR) is 63.3 cm³/mol. The average molecular weight is 282 g/mol. The number of hydrogen-bond donors (Lipinski definition) is 0. The number of halogens is 2. The number of nitrogens with zero attached hydrogens (tertiary/aromatic N) is 1. The van der Waals surface area contributed by atoms with Gasteiger partial charge in [-0.1, -0.05) is 15.9 Å². The first kappa shape index (κ1) is 11.1. The van der Waals surface area contributed by atoms with Crippen molar-refractivity contribution in [1.29, 1.82) is 0 Å². The van der Waals surface area contributed by atoms with E-state index >= 15 is 0 Å². The number of benzene rings is 1. The predicted octanol–water partition coefficient (Wildman–Crippen LogP) is 3.91. The fourth-order valence-corrected chi connectivity index (χ4v) is 1.72. The Labute approximate surface area is 101 Å². The molecule has 82 valence electrons. The maximum atomic E-state index is 13.0. The number of aromatic nitrogens is 1. The maximum absolute atomic E-state index is 13.0. The third kappa shape index (κ3) is 2.58. The standard InChI is InChI=1S/C12H9BrFNO/c13-7-9-6-10(14)3-4-12(9)16-11-2-1-5-15-8-11/h1-6,8H,7H2. The van der Waals surface area contributed by atoms with Crippen LogP contribution in [0.2, 0.25) is 0 Å². The lowest BCUT2D eigenvalue weighted by Crippen LogP contribution is -1.90. The number of alkyl halides is 1. The van der Waals surface area contributed by atoms with Gasteiger partial charge in [-0.05, 0) is 30.3 Å². The summed E-state index contributed by atoms with van der Waals surface area (Å²) in [7, 11) is 0. The summed E-state index contributed by atoms with van der Waals surface area (Å²) in [5.41, 5.74) is 0.767. The summed E-state index contributed by atoms with van der Waals surface area (Å²) >= 11 is 3.29. The van der Waals surface area contributed by atoms with E-state index in [4.69, 9.17) is 4.74 Å². The molecule has 0 N–H and O–H groups in total. The highest BCUT2D eigenvalue weighted by Crippen LogP contribution is 2.26. The number of rotatable bonds is 3. The van der Waals surface area contributed by atoms with E-state index in [2.05, 4.69) is 20.9 Å². The van der Waals surface area contributed by atoms with Crippen molar-refractivity contribution in [3.8, 4) is 11.5 Å². The number of pyridine rings is 1. The zero-order valence-electron chi connectivity index (χ0n) is 8.36. The molecule has 0 bridgehead atoms. The SMILES string of the molecule is Fc1ccc(Oc2cccnc2)c(CBr)c1. The molecule has 0 saturated heterocycles. The van der Waals surface area contributed by atoms with Crippen molar-refractivity contribution in [2.24, 2.45) is 0 Å². The van der Waals surface area contributed by atoms with E-state index in [1.807, 2.05) is 0 Å². The molecule has 16 heavy (non-hydrogen) atoms. The molecule has 4 heteroatoms. The molecule has 1 aromatic carbocycles. The van der Waals surface area contributed by atoms with E-state index in [-0.39, 0.29) is 5.82 Å². The van der Waals surface area contributed by atoms with Gasteiger partial charge in [0, 0.05) is 17.1 Å². The van der Waals surface area contributed by atoms with E-state index in [1.165, 1.54) is 12.1 Å². The van der Waals surface area contributed by atoms with Crippen LogP contribution in [0.1, 0.15) is 5.56 Å². The third-order valence-corrected chi connectivity index (χ3v) is 2.63. The van der Waals surface area contributed by atoms with Crippen molar-refractivity contribution >= 4 is 15.9 Å². The van der Waals surface area contributed by atoms with Crippen LogP contribution < -0.4 is 4.74 Å². The molecular weight excluding hydrogens is 273 g/mol. The molecule has 2 aromatic rings. The monoisotopic (exact) mass is 281 g/mol. The molecule has 0 radical (unpaired) electrons. The van der Waals surface area contributed by atoms with Crippen LogP contribution in [0.3, 0.4) is 0 Å². The molecule has 2 nitrogen and oxygen atoms in total. The molecule has 1 aromatic heterocycles. The number of hydrogen-bond acceptors (Lipinski definition) is 2. The highest BCUT2D eigenvalue weighted by molar-refractivity contribution is 9.08. The Bertz CT molecular complexity index is 476. The van der Waals surface area contributed by atoms with Crippen molar-refractivity contribution in [2.75, 3.05) is 0 Å². The molecule has 0 unspecified atom stereocenters. The van der Waals surface area contributed by atoms with E-state index in [0.717, 1.165) is 5.56 Å². The molecule has 0 saturated carbocycles. The van der Waals surface area contributed by atoms with Crippen molar-refractivity contribution in [1.82, 2.24) is 4.98 Å². The van der Waals surface area contributed by atoms with Crippen LogP contribution in [-0.2, 0) is 5.33 Å². The first-order valence-corrected chi connectivity index (χ1v) is 5.84. The minimum absolute atomic E-state index is 0.270. The summed E-state index contributed by atoms with van der Waals surface area (Å²) in [5.74, 6) is 0.996. The summed E-state index contributed by atoms with van der Waals surface area (Å²) in [4.78, 5) is 3.94. The Morgan fingerprint density at radius 2 is 2.19 bits per heavy atom. The molecule has 0 aliphatic rings. The molecule has 0 atom stereocenters. The van der Waals surface area contributed by atoms with E-state index < -0.39 is 0 Å². The Morgan fingerprint density at radius 3 is 2.88 bits per heavy atom. The van der Waals surface area contributed by atoms with Gasteiger partial charge in [-0.15, -0.1) is 0 Å². The van der Waals surface area contributed by atoms with Gasteiger partial charge in [0.25, 0.3) is 0 Å². The first-order chi connectivity index (χ1) is 7.79.